The van der Waals surface area contributed by atoms with Gasteiger partial charge >= 0.3 is 0 Å². The number of nitrogens with one attached hydrogen (secondary N) is 1. The van der Waals surface area contributed by atoms with Crippen molar-refractivity contribution in [2.75, 3.05) is 13.2 Å². The molecule has 0 aliphatic heterocycles. The van der Waals surface area contributed by atoms with Crippen LogP contribution >= 0.6 is 22.6 Å². The quantitative estimate of drug-likeness (QED) is 0.284. The summed E-state index contributed by atoms with van der Waals surface area (Å²) >= 11 is 2.12. The lowest BCUT2D eigenvalue weighted by Gasteiger charge is -2.40. The summed E-state index contributed by atoms with van der Waals surface area (Å²) in [4.78, 5) is 27.6. The first-order valence-electron chi connectivity index (χ1n) is 11.7. The normalized spacial score (nSPS) is 19.6. The average Bonchev–Trinajstić information content (AvgIpc) is 2.88. The van der Waals surface area contributed by atoms with Crippen LogP contribution in [0.2, 0.25) is 0 Å². The summed E-state index contributed by atoms with van der Waals surface area (Å²) in [6.45, 7) is 1.87. The molecule has 3 rings (SSSR count). The number of halogens is 2. The van der Waals surface area contributed by atoms with Gasteiger partial charge in [0.05, 0.1) is 16.2 Å². The minimum absolute atomic E-state index is 0.0724. The van der Waals surface area contributed by atoms with E-state index in [2.05, 4.69) is 27.9 Å². The molecule has 0 radical (unpaired) electrons. The van der Waals surface area contributed by atoms with E-state index >= 15 is 0 Å². The molecule has 192 valence electrons. The van der Waals surface area contributed by atoms with Crippen LogP contribution < -0.4 is 10.1 Å². The van der Waals surface area contributed by atoms with Crippen LogP contribution in [0.3, 0.4) is 0 Å². The third-order valence-corrected chi connectivity index (χ3v) is 6.65. The molecule has 0 saturated heterocycles. The van der Waals surface area contributed by atoms with Crippen LogP contribution in [0.4, 0.5) is 4.39 Å². The molecule has 1 aliphatic rings. The number of para-hydroxylation sites is 1. The fourth-order valence-electron chi connectivity index (χ4n) is 3.93. The van der Waals surface area contributed by atoms with E-state index in [1.54, 1.807) is 30.4 Å². The second kappa shape index (κ2) is 13.5. The van der Waals surface area contributed by atoms with Crippen LogP contribution in [0.25, 0.3) is 0 Å². The van der Waals surface area contributed by atoms with Gasteiger partial charge in [0.15, 0.2) is 0 Å². The Morgan fingerprint density at radius 1 is 1.22 bits per heavy atom. The van der Waals surface area contributed by atoms with Gasteiger partial charge in [-0.25, -0.2) is 4.39 Å². The minimum atomic E-state index is -1.14. The van der Waals surface area contributed by atoms with Gasteiger partial charge in [-0.2, -0.15) is 0 Å². The first kappa shape index (κ1) is 27.8. The number of aliphatic hydroxyl groups excluding tert-OH is 2. The monoisotopic (exact) mass is 608 g/mol. The number of carbonyl (C=O) groups excluding carboxylic acids is 2. The van der Waals surface area contributed by atoms with Gasteiger partial charge in [0, 0.05) is 25.1 Å². The predicted octanol–water partition coefficient (Wildman–Crippen LogP) is 3.34. The number of benzene rings is 2. The number of aliphatic hydroxyl groups is 2. The van der Waals surface area contributed by atoms with Crippen molar-refractivity contribution in [3.8, 4) is 5.75 Å². The smallest absolute Gasteiger partial charge is 0.247 e. The molecule has 2 aromatic carbocycles. The summed E-state index contributed by atoms with van der Waals surface area (Å²) in [5, 5.41) is 23.2. The van der Waals surface area contributed by atoms with Gasteiger partial charge in [0.25, 0.3) is 0 Å². The molecule has 0 saturated carbocycles. The summed E-state index contributed by atoms with van der Waals surface area (Å²) in [5.41, 5.74) is 1.02. The number of rotatable bonds is 10. The van der Waals surface area contributed by atoms with Crippen LogP contribution in [-0.4, -0.2) is 58.3 Å². The van der Waals surface area contributed by atoms with Crippen molar-refractivity contribution in [3.63, 3.8) is 0 Å². The molecule has 0 heterocycles. The maximum Gasteiger partial charge on any atom is 0.247 e. The highest BCUT2D eigenvalue weighted by Gasteiger charge is 2.40. The molecule has 36 heavy (non-hydrogen) atoms. The number of carbonyl (C=O) groups is 2. The van der Waals surface area contributed by atoms with Crippen LogP contribution in [0, 0.1) is 9.39 Å². The zero-order valence-electron chi connectivity index (χ0n) is 19.9. The summed E-state index contributed by atoms with van der Waals surface area (Å²) in [7, 11) is 0. The van der Waals surface area contributed by atoms with Crippen LogP contribution in [0.5, 0.6) is 5.75 Å². The first-order valence-corrected chi connectivity index (χ1v) is 12.8. The molecule has 2 aromatic rings. The zero-order chi connectivity index (χ0) is 26.1. The lowest BCUT2D eigenvalue weighted by Crippen LogP contribution is -2.54. The maximum atomic E-state index is 13.5. The van der Waals surface area contributed by atoms with Crippen molar-refractivity contribution < 1.29 is 28.9 Å². The molecule has 7 nitrogen and oxygen atoms in total. The van der Waals surface area contributed by atoms with E-state index in [0.717, 1.165) is 3.57 Å². The summed E-state index contributed by atoms with van der Waals surface area (Å²) in [6, 6.07) is 12.3. The Morgan fingerprint density at radius 2 is 1.94 bits per heavy atom. The van der Waals surface area contributed by atoms with E-state index in [-0.39, 0.29) is 32.0 Å². The van der Waals surface area contributed by atoms with E-state index < -0.39 is 30.0 Å². The summed E-state index contributed by atoms with van der Waals surface area (Å²) in [5.74, 6) is -0.598. The molecular weight excluding hydrogens is 578 g/mol. The van der Waals surface area contributed by atoms with Gasteiger partial charge in [-0.3, -0.25) is 9.59 Å². The standard InChI is InChI=1S/C27H30FIN2O5/c1-2-3-8-25(33)31(17-18-9-11-20(28)12-10-18)22-15-19(27(35)30-13-14-32)16-24(26(22)34)36-23-7-5-4-6-21(23)29/h3-12,16,22,24,26,32,34H,2,13-15,17H2,1H3,(H,30,35). The van der Waals surface area contributed by atoms with E-state index in [0.29, 0.717) is 23.3 Å². The van der Waals surface area contributed by atoms with Crippen LogP contribution in [0.1, 0.15) is 25.3 Å². The maximum absolute atomic E-state index is 13.5. The fraction of sp³-hybridized carbons (Fsp3) is 0.333. The van der Waals surface area contributed by atoms with E-state index in [9.17, 15) is 19.1 Å². The highest BCUT2D eigenvalue weighted by molar-refractivity contribution is 14.1. The Hall–Kier alpha value is -2.76. The molecular formula is C27H30FIN2O5. The average molecular weight is 608 g/mol. The molecule has 3 unspecified atom stereocenters. The second-order valence-electron chi connectivity index (χ2n) is 8.35. The molecule has 9 heteroatoms. The molecule has 0 spiro atoms. The third-order valence-electron chi connectivity index (χ3n) is 5.76. The minimum Gasteiger partial charge on any atom is -0.482 e. The third kappa shape index (κ3) is 7.37. The van der Waals surface area contributed by atoms with Gasteiger partial charge in [-0.05, 0) is 71.0 Å². The van der Waals surface area contributed by atoms with Crippen molar-refractivity contribution in [2.45, 2.75) is 44.6 Å². The highest BCUT2D eigenvalue weighted by atomic mass is 127. The number of hydrogen-bond donors (Lipinski definition) is 3. The Morgan fingerprint density at radius 3 is 2.61 bits per heavy atom. The summed E-state index contributed by atoms with van der Waals surface area (Å²) in [6.07, 6.45) is 3.41. The van der Waals surface area contributed by atoms with Crippen molar-refractivity contribution in [1.82, 2.24) is 10.2 Å². The fourth-order valence-corrected chi connectivity index (χ4v) is 4.44. The van der Waals surface area contributed by atoms with Crippen molar-refractivity contribution in [3.05, 3.63) is 87.3 Å². The van der Waals surface area contributed by atoms with Gasteiger partial charge < -0.3 is 25.2 Å². The van der Waals surface area contributed by atoms with E-state index in [1.807, 2.05) is 25.1 Å². The molecule has 0 fully saturated rings. The van der Waals surface area contributed by atoms with Gasteiger partial charge in [-0.15, -0.1) is 0 Å². The molecule has 0 bridgehead atoms. The van der Waals surface area contributed by atoms with Crippen molar-refractivity contribution >= 4 is 34.4 Å². The highest BCUT2D eigenvalue weighted by Crippen LogP contribution is 2.30. The lowest BCUT2D eigenvalue weighted by atomic mass is 9.87. The Kier molecular flexibility index (Phi) is 10.4. The first-order chi connectivity index (χ1) is 17.3. The van der Waals surface area contributed by atoms with Gasteiger partial charge in [0.1, 0.15) is 23.8 Å². The molecule has 3 N–H and O–H groups in total. The molecule has 2 amide bonds. The second-order valence-corrected chi connectivity index (χ2v) is 9.51. The lowest BCUT2D eigenvalue weighted by molar-refractivity contribution is -0.134. The van der Waals surface area contributed by atoms with Gasteiger partial charge in [-0.1, -0.05) is 37.3 Å². The van der Waals surface area contributed by atoms with E-state index in [4.69, 9.17) is 9.84 Å². The van der Waals surface area contributed by atoms with Crippen LogP contribution in [-0.2, 0) is 16.1 Å². The van der Waals surface area contributed by atoms with Crippen LogP contribution in [0.15, 0.2) is 72.3 Å². The number of hydrogen-bond acceptors (Lipinski definition) is 5. The number of amides is 2. The zero-order valence-corrected chi connectivity index (χ0v) is 22.1. The van der Waals surface area contributed by atoms with Gasteiger partial charge in [0.2, 0.25) is 11.8 Å². The van der Waals surface area contributed by atoms with Crippen molar-refractivity contribution in [2.24, 2.45) is 0 Å². The predicted molar refractivity (Wildman–Crippen MR) is 143 cm³/mol. The topological polar surface area (TPSA) is 99.1 Å². The molecule has 0 aromatic heterocycles. The molecule has 1 aliphatic carbocycles. The summed E-state index contributed by atoms with van der Waals surface area (Å²) < 4.78 is 20.4. The Bertz CT molecular complexity index is 1110. The number of nitrogens with zero attached hydrogens (tertiary/aromatic N) is 1. The molecule has 3 atom stereocenters. The number of ether oxygens (including phenoxy) is 1. The number of allylic oxidation sites excluding steroid dienone is 1. The Labute approximate surface area is 223 Å². The van der Waals surface area contributed by atoms with E-state index in [1.165, 1.54) is 23.1 Å². The Balaban J connectivity index is 1.98. The largest absolute Gasteiger partial charge is 0.482 e. The SMILES string of the molecule is CCC=CC(=O)N(Cc1ccc(F)cc1)C1CC(C(=O)NCCO)=CC(Oc2ccccc2I)C1O. The van der Waals surface area contributed by atoms with Crippen molar-refractivity contribution in [1.29, 1.82) is 0 Å².